The van der Waals surface area contributed by atoms with Crippen LogP contribution in [0.25, 0.3) is 0 Å². The lowest BCUT2D eigenvalue weighted by Gasteiger charge is -2.07. The van der Waals surface area contributed by atoms with E-state index in [1.54, 1.807) is 6.92 Å². The van der Waals surface area contributed by atoms with Gasteiger partial charge in [0.05, 0.1) is 0 Å². The summed E-state index contributed by atoms with van der Waals surface area (Å²) in [7, 11) is 0. The number of hydrogen-bond donors (Lipinski definition) is 0. The van der Waals surface area contributed by atoms with Gasteiger partial charge in [0.15, 0.2) is 0 Å². The Morgan fingerprint density at radius 1 is 1.31 bits per heavy atom. The summed E-state index contributed by atoms with van der Waals surface area (Å²) < 4.78 is 37.4. The summed E-state index contributed by atoms with van der Waals surface area (Å²) in [6.07, 6.45) is -2.53. The van der Waals surface area contributed by atoms with Crippen molar-refractivity contribution >= 4 is 22.6 Å². The molecule has 4 heteroatoms. The number of alkyl halides is 3. The zero-order valence-electron chi connectivity index (χ0n) is 6.90. The Bertz CT molecular complexity index is 297. The normalized spacial score (nSPS) is 13.4. The summed E-state index contributed by atoms with van der Waals surface area (Å²) >= 11 is 1.99. The number of hydrogen-bond acceptors (Lipinski definition) is 0. The summed E-state index contributed by atoms with van der Waals surface area (Å²) in [6, 6.07) is 3.42. The third-order valence-electron chi connectivity index (χ3n) is 1.70. The van der Waals surface area contributed by atoms with E-state index in [9.17, 15) is 13.2 Å². The maximum Gasteiger partial charge on any atom is 0.263 e. The second-order valence-electron chi connectivity index (χ2n) is 2.70. The number of benzene rings is 1. The highest BCUT2D eigenvalue weighted by atomic mass is 127. The van der Waals surface area contributed by atoms with Crippen LogP contribution in [-0.2, 0) is 0 Å². The molecule has 0 aliphatic rings. The summed E-state index contributed by atoms with van der Waals surface area (Å²) in [5.41, 5.74) is 0.207. The van der Waals surface area contributed by atoms with E-state index in [-0.39, 0.29) is 9.49 Å². The largest absolute Gasteiger partial charge is 0.263 e. The van der Waals surface area contributed by atoms with Gasteiger partial charge in [0, 0.05) is 15.1 Å². The van der Waals surface area contributed by atoms with Crippen LogP contribution in [-0.4, -0.2) is 0 Å². The van der Waals surface area contributed by atoms with Crippen molar-refractivity contribution in [3.05, 3.63) is 35.1 Å². The van der Waals surface area contributed by atoms with Crippen LogP contribution >= 0.6 is 22.6 Å². The highest BCUT2D eigenvalue weighted by molar-refractivity contribution is 14.1. The van der Waals surface area contributed by atoms with Crippen LogP contribution in [0.2, 0.25) is 0 Å². The van der Waals surface area contributed by atoms with Crippen molar-refractivity contribution in [3.8, 4) is 0 Å². The predicted octanol–water partition coefficient (Wildman–Crippen LogP) is 4.26. The van der Waals surface area contributed by atoms with Crippen molar-refractivity contribution in [1.82, 2.24) is 0 Å². The van der Waals surface area contributed by atoms with E-state index >= 15 is 0 Å². The summed E-state index contributed by atoms with van der Waals surface area (Å²) in [6.45, 7) is 1.76. The predicted molar refractivity (Wildman–Crippen MR) is 53.8 cm³/mol. The van der Waals surface area contributed by atoms with Gasteiger partial charge in [-0.25, -0.2) is 13.2 Å². The van der Waals surface area contributed by atoms with Crippen LogP contribution in [0.3, 0.4) is 0 Å². The highest BCUT2D eigenvalue weighted by Gasteiger charge is 2.13. The molecule has 0 N–H and O–H groups in total. The average Bonchev–Trinajstić information content (AvgIpc) is 2.04. The monoisotopic (exact) mass is 300 g/mol. The minimum absolute atomic E-state index is 0.101. The van der Waals surface area contributed by atoms with Crippen molar-refractivity contribution < 1.29 is 13.2 Å². The van der Waals surface area contributed by atoms with Crippen molar-refractivity contribution in [3.63, 3.8) is 0 Å². The molecule has 1 aromatic rings. The summed E-state index contributed by atoms with van der Waals surface area (Å²) in [5, 5.41) is 0. The first-order valence-electron chi connectivity index (χ1n) is 3.74. The van der Waals surface area contributed by atoms with Gasteiger partial charge >= 0.3 is 0 Å². The fourth-order valence-electron chi connectivity index (χ4n) is 1.00. The lowest BCUT2D eigenvalue weighted by atomic mass is 10.1. The molecule has 0 unspecified atom stereocenters. The zero-order chi connectivity index (χ0) is 10.0. The first-order chi connectivity index (χ1) is 6.02. The summed E-state index contributed by atoms with van der Waals surface area (Å²) in [4.78, 5) is 0. The first kappa shape index (κ1) is 10.8. The van der Waals surface area contributed by atoms with E-state index < -0.39 is 12.2 Å². The first-order valence-corrected chi connectivity index (χ1v) is 4.98. The lowest BCUT2D eigenvalue weighted by molar-refractivity contribution is 0.151. The molecule has 1 aromatic carbocycles. The molecule has 0 bridgehead atoms. The molecular formula is C9H8F3I. The number of halogens is 4. The molecule has 0 nitrogen and oxygen atoms in total. The molecule has 0 saturated heterocycles. The van der Waals surface area contributed by atoms with Crippen LogP contribution in [0.1, 0.15) is 28.4 Å². The molecule has 0 saturated carbocycles. The molecule has 0 aliphatic heterocycles. The Hall–Kier alpha value is -0.260. The fourth-order valence-corrected chi connectivity index (χ4v) is 1.48. The minimum Gasteiger partial charge on any atom is -0.207 e. The molecule has 0 radical (unpaired) electrons. The Morgan fingerprint density at radius 2 is 1.92 bits per heavy atom. The molecule has 0 aliphatic carbocycles. The topological polar surface area (TPSA) is 0 Å². The molecule has 0 spiro atoms. The Morgan fingerprint density at radius 3 is 2.38 bits per heavy atom. The van der Waals surface area contributed by atoms with Gasteiger partial charge in [0.25, 0.3) is 6.43 Å². The Balaban J connectivity index is 3.11. The molecule has 1 atom stereocenters. The van der Waals surface area contributed by atoms with Crippen LogP contribution < -0.4 is 0 Å². The lowest BCUT2D eigenvalue weighted by Crippen LogP contribution is -1.93. The van der Waals surface area contributed by atoms with Gasteiger partial charge in [-0.3, -0.25) is 0 Å². The van der Waals surface area contributed by atoms with Crippen molar-refractivity contribution in [2.75, 3.05) is 0 Å². The molecule has 13 heavy (non-hydrogen) atoms. The number of rotatable bonds is 2. The third kappa shape index (κ3) is 2.59. The fraction of sp³-hybridized carbons (Fsp3) is 0.333. The van der Waals surface area contributed by atoms with Gasteiger partial charge in [0.2, 0.25) is 0 Å². The van der Waals surface area contributed by atoms with Crippen molar-refractivity contribution in [1.29, 1.82) is 0 Å². The maximum absolute atomic E-state index is 13.0. The second kappa shape index (κ2) is 4.30. The standard InChI is InChI=1S/C9H8F3I/c1-5(13)7-4-6(9(11)12)2-3-8(7)10/h2-5,9H,1H3/t5-/m1/s1. The van der Waals surface area contributed by atoms with E-state index in [4.69, 9.17) is 0 Å². The third-order valence-corrected chi connectivity index (χ3v) is 2.37. The van der Waals surface area contributed by atoms with Gasteiger partial charge in [-0.15, -0.1) is 0 Å². The molecule has 1 rings (SSSR count). The zero-order valence-corrected chi connectivity index (χ0v) is 9.06. The molecule has 0 amide bonds. The van der Waals surface area contributed by atoms with Gasteiger partial charge in [0.1, 0.15) is 5.82 Å². The quantitative estimate of drug-likeness (QED) is 0.565. The van der Waals surface area contributed by atoms with Crippen LogP contribution in [0, 0.1) is 5.82 Å². The van der Waals surface area contributed by atoms with Crippen LogP contribution in [0.5, 0.6) is 0 Å². The smallest absolute Gasteiger partial charge is 0.207 e. The second-order valence-corrected chi connectivity index (χ2v) is 4.57. The molecule has 0 fully saturated rings. The van der Waals surface area contributed by atoms with Gasteiger partial charge < -0.3 is 0 Å². The molecule has 0 heterocycles. The Kier molecular flexibility index (Phi) is 3.58. The van der Waals surface area contributed by atoms with Gasteiger partial charge in [-0.05, 0) is 19.1 Å². The SMILES string of the molecule is C[C@@H](I)c1cc(C(F)F)ccc1F. The van der Waals surface area contributed by atoms with E-state index in [0.717, 1.165) is 12.1 Å². The highest BCUT2D eigenvalue weighted by Crippen LogP contribution is 2.29. The molecular weight excluding hydrogens is 292 g/mol. The maximum atomic E-state index is 13.0. The van der Waals surface area contributed by atoms with E-state index in [0.29, 0.717) is 5.56 Å². The van der Waals surface area contributed by atoms with Crippen LogP contribution in [0.4, 0.5) is 13.2 Å². The van der Waals surface area contributed by atoms with E-state index in [2.05, 4.69) is 0 Å². The van der Waals surface area contributed by atoms with Gasteiger partial charge in [-0.2, -0.15) is 0 Å². The van der Waals surface area contributed by atoms with E-state index in [1.807, 2.05) is 22.6 Å². The minimum atomic E-state index is -2.53. The van der Waals surface area contributed by atoms with E-state index in [1.165, 1.54) is 6.07 Å². The Labute approximate surface area is 88.3 Å². The van der Waals surface area contributed by atoms with Crippen LogP contribution in [0.15, 0.2) is 18.2 Å². The van der Waals surface area contributed by atoms with Crippen molar-refractivity contribution in [2.24, 2.45) is 0 Å². The van der Waals surface area contributed by atoms with Gasteiger partial charge in [-0.1, -0.05) is 28.7 Å². The van der Waals surface area contributed by atoms with Crippen molar-refractivity contribution in [2.45, 2.75) is 17.3 Å². The molecule has 72 valence electrons. The average molecular weight is 300 g/mol. The molecule has 0 aromatic heterocycles. The summed E-state index contributed by atoms with van der Waals surface area (Å²) in [5.74, 6) is -0.425.